The molecule has 0 atom stereocenters. The van der Waals surface area contributed by atoms with Crippen LogP contribution in [0.5, 0.6) is 0 Å². The van der Waals surface area contributed by atoms with Gasteiger partial charge in [0.15, 0.2) is 5.82 Å². The van der Waals surface area contributed by atoms with Crippen molar-refractivity contribution in [3.05, 3.63) is 81.9 Å². The van der Waals surface area contributed by atoms with Gasteiger partial charge in [-0.2, -0.15) is 0 Å². The minimum Gasteiger partial charge on any atom is -0.478 e. The number of hydrogen-bond donors (Lipinski definition) is 1. The molecule has 2 aromatic heterocycles. The molecule has 0 saturated carbocycles. The number of carboxylic acids is 1. The van der Waals surface area contributed by atoms with Crippen LogP contribution >= 0.6 is 0 Å². The van der Waals surface area contributed by atoms with Gasteiger partial charge in [-0.15, -0.1) is 0 Å². The van der Waals surface area contributed by atoms with Crippen molar-refractivity contribution in [2.75, 3.05) is 0 Å². The quantitative estimate of drug-likeness (QED) is 0.555. The van der Waals surface area contributed by atoms with Crippen LogP contribution in [0.1, 0.15) is 21.6 Å². The number of nitro groups is 1. The number of hydrogen-bond acceptors (Lipinski definition) is 6. The summed E-state index contributed by atoms with van der Waals surface area (Å²) in [5.74, 6) is -0.723. The fourth-order valence-electron chi connectivity index (χ4n) is 2.20. The number of rotatable bonds is 5. The predicted molar refractivity (Wildman–Crippen MR) is 94.2 cm³/mol. The number of aromatic nitrogens is 3. The molecule has 1 N–H and O–H groups in total. The summed E-state index contributed by atoms with van der Waals surface area (Å²) in [6.07, 6.45) is 7.25. The van der Waals surface area contributed by atoms with Crippen LogP contribution in [0.25, 0.3) is 23.5 Å². The van der Waals surface area contributed by atoms with Crippen molar-refractivity contribution >= 4 is 23.8 Å². The van der Waals surface area contributed by atoms with Gasteiger partial charge in [0, 0.05) is 29.6 Å². The molecule has 0 aliphatic heterocycles. The Labute approximate surface area is 147 Å². The van der Waals surface area contributed by atoms with E-state index in [4.69, 9.17) is 0 Å². The zero-order chi connectivity index (χ0) is 18.5. The Kier molecular flexibility index (Phi) is 4.75. The molecule has 128 valence electrons. The standard InChI is InChI=1S/C18H12N4O4/c23-18(24)15-8-14(22(25)26)11-19-16(15)7-6-12-9-20-17(21-10-12)13-4-2-1-3-5-13/h1-11H,(H,23,24)/b7-6-. The molecule has 3 aromatic rings. The number of carboxylic acid groups (broad SMARTS) is 1. The van der Waals surface area contributed by atoms with Gasteiger partial charge in [0.05, 0.1) is 16.2 Å². The molecule has 2 heterocycles. The minimum absolute atomic E-state index is 0.107. The number of aromatic carboxylic acids is 1. The van der Waals surface area contributed by atoms with E-state index in [1.807, 2.05) is 30.3 Å². The molecule has 0 amide bonds. The molecule has 3 rings (SSSR count). The Hall–Kier alpha value is -3.94. The average Bonchev–Trinajstić information content (AvgIpc) is 2.67. The molecule has 8 nitrogen and oxygen atoms in total. The lowest BCUT2D eigenvalue weighted by Crippen LogP contribution is -2.03. The van der Waals surface area contributed by atoms with Crippen LogP contribution in [-0.2, 0) is 0 Å². The van der Waals surface area contributed by atoms with E-state index in [1.165, 1.54) is 6.08 Å². The van der Waals surface area contributed by atoms with E-state index in [2.05, 4.69) is 15.0 Å². The third kappa shape index (κ3) is 3.75. The van der Waals surface area contributed by atoms with Crippen molar-refractivity contribution in [3.63, 3.8) is 0 Å². The zero-order valence-electron chi connectivity index (χ0n) is 13.3. The van der Waals surface area contributed by atoms with E-state index >= 15 is 0 Å². The molecule has 0 bridgehead atoms. The Morgan fingerprint density at radius 3 is 2.35 bits per heavy atom. The molecule has 26 heavy (non-hydrogen) atoms. The third-order valence-corrected chi connectivity index (χ3v) is 3.48. The molecule has 0 radical (unpaired) electrons. The van der Waals surface area contributed by atoms with Crippen molar-refractivity contribution in [2.24, 2.45) is 0 Å². The highest BCUT2D eigenvalue weighted by Crippen LogP contribution is 2.18. The first-order chi connectivity index (χ1) is 12.5. The van der Waals surface area contributed by atoms with Crippen LogP contribution < -0.4 is 0 Å². The maximum atomic E-state index is 11.3. The summed E-state index contributed by atoms with van der Waals surface area (Å²) in [7, 11) is 0. The number of nitrogens with zero attached hydrogens (tertiary/aromatic N) is 4. The summed E-state index contributed by atoms with van der Waals surface area (Å²) in [5, 5.41) is 20.0. The van der Waals surface area contributed by atoms with Gasteiger partial charge >= 0.3 is 5.97 Å². The van der Waals surface area contributed by atoms with E-state index in [0.29, 0.717) is 11.4 Å². The van der Waals surface area contributed by atoms with E-state index in [1.54, 1.807) is 18.5 Å². The zero-order valence-corrected chi connectivity index (χ0v) is 13.3. The lowest BCUT2D eigenvalue weighted by atomic mass is 10.1. The highest BCUT2D eigenvalue weighted by molar-refractivity contribution is 5.93. The average molecular weight is 348 g/mol. The second kappa shape index (κ2) is 7.31. The molecule has 1 aromatic carbocycles. The first-order valence-corrected chi connectivity index (χ1v) is 7.48. The van der Waals surface area contributed by atoms with E-state index < -0.39 is 10.9 Å². The third-order valence-electron chi connectivity index (χ3n) is 3.48. The second-order valence-corrected chi connectivity index (χ2v) is 5.23. The van der Waals surface area contributed by atoms with Crippen LogP contribution in [0.15, 0.2) is 55.0 Å². The van der Waals surface area contributed by atoms with Crippen molar-refractivity contribution in [2.45, 2.75) is 0 Å². The lowest BCUT2D eigenvalue weighted by molar-refractivity contribution is -0.385. The van der Waals surface area contributed by atoms with E-state index in [9.17, 15) is 20.0 Å². The van der Waals surface area contributed by atoms with Gasteiger partial charge in [-0.1, -0.05) is 30.3 Å². The van der Waals surface area contributed by atoms with Gasteiger partial charge < -0.3 is 5.11 Å². The fourth-order valence-corrected chi connectivity index (χ4v) is 2.20. The number of carbonyl (C=O) groups is 1. The topological polar surface area (TPSA) is 119 Å². The van der Waals surface area contributed by atoms with Crippen molar-refractivity contribution in [1.82, 2.24) is 15.0 Å². The molecule has 0 unspecified atom stereocenters. The van der Waals surface area contributed by atoms with Gasteiger partial charge in [0.25, 0.3) is 5.69 Å². The summed E-state index contributed by atoms with van der Waals surface area (Å²) in [6.45, 7) is 0. The summed E-state index contributed by atoms with van der Waals surface area (Å²) in [4.78, 5) is 33.7. The molecule has 8 heteroatoms. The van der Waals surface area contributed by atoms with Crippen molar-refractivity contribution < 1.29 is 14.8 Å². The largest absolute Gasteiger partial charge is 0.478 e. The van der Waals surface area contributed by atoms with Gasteiger partial charge in [0.1, 0.15) is 6.20 Å². The maximum Gasteiger partial charge on any atom is 0.338 e. The van der Waals surface area contributed by atoms with Crippen LogP contribution in [0.3, 0.4) is 0 Å². The van der Waals surface area contributed by atoms with Gasteiger partial charge in [-0.3, -0.25) is 10.1 Å². The Morgan fingerprint density at radius 2 is 1.73 bits per heavy atom. The van der Waals surface area contributed by atoms with E-state index in [0.717, 1.165) is 17.8 Å². The molecule has 0 saturated heterocycles. The van der Waals surface area contributed by atoms with Crippen molar-refractivity contribution in [3.8, 4) is 11.4 Å². The first-order valence-electron chi connectivity index (χ1n) is 7.48. The van der Waals surface area contributed by atoms with Crippen LogP contribution in [-0.4, -0.2) is 31.0 Å². The normalized spacial score (nSPS) is 10.8. The summed E-state index contributed by atoms with van der Waals surface area (Å²) in [6, 6.07) is 10.4. The molecule has 0 aliphatic carbocycles. The van der Waals surface area contributed by atoms with Crippen LogP contribution in [0.4, 0.5) is 5.69 Å². The maximum absolute atomic E-state index is 11.3. The minimum atomic E-state index is -1.29. The molecule has 0 aliphatic rings. The predicted octanol–water partition coefficient (Wildman–Crippen LogP) is 3.32. The molecular weight excluding hydrogens is 336 g/mol. The highest BCUT2D eigenvalue weighted by atomic mass is 16.6. The summed E-state index contributed by atoms with van der Waals surface area (Å²) >= 11 is 0. The van der Waals surface area contributed by atoms with Gasteiger partial charge in [-0.25, -0.2) is 19.7 Å². The summed E-state index contributed by atoms with van der Waals surface area (Å²) in [5.41, 5.74) is 0.997. The van der Waals surface area contributed by atoms with Crippen molar-refractivity contribution in [1.29, 1.82) is 0 Å². The number of pyridine rings is 1. The highest BCUT2D eigenvalue weighted by Gasteiger charge is 2.15. The molecule has 0 fully saturated rings. The first kappa shape index (κ1) is 16.9. The monoisotopic (exact) mass is 348 g/mol. The Bertz CT molecular complexity index is 986. The van der Waals surface area contributed by atoms with Gasteiger partial charge in [0.2, 0.25) is 0 Å². The molecular formula is C18H12N4O4. The number of benzene rings is 1. The summed E-state index contributed by atoms with van der Waals surface area (Å²) < 4.78 is 0. The fraction of sp³-hybridized carbons (Fsp3) is 0. The Balaban J connectivity index is 1.86. The Morgan fingerprint density at radius 1 is 1.04 bits per heavy atom. The van der Waals surface area contributed by atoms with E-state index in [-0.39, 0.29) is 16.9 Å². The van der Waals surface area contributed by atoms with Gasteiger partial charge in [-0.05, 0) is 12.2 Å². The van der Waals surface area contributed by atoms with Crippen LogP contribution in [0, 0.1) is 10.1 Å². The SMILES string of the molecule is O=C(O)c1cc([N+](=O)[O-])cnc1/C=C\c1cnc(-c2ccccc2)nc1. The van der Waals surface area contributed by atoms with Crippen LogP contribution in [0.2, 0.25) is 0 Å². The lowest BCUT2D eigenvalue weighted by Gasteiger charge is -2.01. The molecule has 0 spiro atoms. The smallest absolute Gasteiger partial charge is 0.338 e. The second-order valence-electron chi connectivity index (χ2n) is 5.23.